The summed E-state index contributed by atoms with van der Waals surface area (Å²) in [6.07, 6.45) is 8.67. The third-order valence-electron chi connectivity index (χ3n) is 6.25. The van der Waals surface area contributed by atoms with Gasteiger partial charge in [0.25, 0.3) is 0 Å². The van der Waals surface area contributed by atoms with Crippen molar-refractivity contribution in [3.63, 3.8) is 0 Å². The zero-order valence-corrected chi connectivity index (χ0v) is 16.0. The van der Waals surface area contributed by atoms with E-state index in [0.717, 1.165) is 64.7 Å². The molecule has 0 amide bonds. The summed E-state index contributed by atoms with van der Waals surface area (Å²) in [5.74, 6) is 0.122. The van der Waals surface area contributed by atoms with Gasteiger partial charge in [-0.2, -0.15) is 0 Å². The highest BCUT2D eigenvalue weighted by Gasteiger charge is 2.41. The number of aromatic nitrogens is 1. The summed E-state index contributed by atoms with van der Waals surface area (Å²) in [5.41, 5.74) is 5.91. The number of carbonyl (C=O) groups excluding carboxylic acids is 2. The molecule has 2 heterocycles. The van der Waals surface area contributed by atoms with Gasteiger partial charge in [0.1, 0.15) is 0 Å². The molecule has 0 bridgehead atoms. The first-order chi connectivity index (χ1) is 13.7. The molecule has 1 aromatic carbocycles. The predicted molar refractivity (Wildman–Crippen MR) is 110 cm³/mol. The van der Waals surface area contributed by atoms with Crippen molar-refractivity contribution in [1.29, 1.82) is 0 Å². The van der Waals surface area contributed by atoms with E-state index < -0.39 is 0 Å². The zero-order chi connectivity index (χ0) is 19.3. The van der Waals surface area contributed by atoms with E-state index in [4.69, 9.17) is 0 Å². The smallest absolute Gasteiger partial charge is 0.161 e. The normalized spacial score (nSPS) is 20.3. The van der Waals surface area contributed by atoms with E-state index in [1.807, 2.05) is 18.2 Å². The molecule has 0 fully saturated rings. The van der Waals surface area contributed by atoms with Crippen LogP contribution in [0.5, 0.6) is 0 Å². The Kier molecular flexibility index (Phi) is 4.08. The molecule has 1 aromatic heterocycles. The Bertz CT molecular complexity index is 1040. The molecule has 142 valence electrons. The Hall–Kier alpha value is -2.88. The van der Waals surface area contributed by atoms with Crippen molar-refractivity contribution in [2.24, 2.45) is 0 Å². The number of carbonyl (C=O) groups is 2. The van der Waals surface area contributed by atoms with E-state index in [2.05, 4.69) is 34.8 Å². The van der Waals surface area contributed by atoms with Gasteiger partial charge in [-0.25, -0.2) is 0 Å². The number of rotatable bonds is 3. The lowest BCUT2D eigenvalue weighted by atomic mass is 9.71. The van der Waals surface area contributed by atoms with Crippen molar-refractivity contribution in [2.75, 3.05) is 0 Å². The fourth-order valence-electron chi connectivity index (χ4n) is 5.09. The second-order valence-electron chi connectivity index (χ2n) is 7.94. The number of benzene rings is 1. The molecule has 1 N–H and O–H groups in total. The molecular weight excluding hydrogens is 348 g/mol. The van der Waals surface area contributed by atoms with Crippen LogP contribution >= 0.6 is 0 Å². The van der Waals surface area contributed by atoms with Gasteiger partial charge >= 0.3 is 0 Å². The van der Waals surface area contributed by atoms with Gasteiger partial charge in [-0.1, -0.05) is 24.3 Å². The Morgan fingerprint density at radius 2 is 1.64 bits per heavy atom. The number of dihydropyridines is 1. The largest absolute Gasteiger partial charge is 0.362 e. The van der Waals surface area contributed by atoms with E-state index in [0.29, 0.717) is 19.4 Å². The number of allylic oxidation sites excluding steroid dienone is 5. The number of hydrogen-bond donors (Lipinski definition) is 1. The second-order valence-corrected chi connectivity index (χ2v) is 7.94. The summed E-state index contributed by atoms with van der Waals surface area (Å²) in [4.78, 5) is 26.0. The molecule has 1 aliphatic heterocycles. The highest BCUT2D eigenvalue weighted by molar-refractivity contribution is 6.07. The minimum absolute atomic E-state index is 0.184. The van der Waals surface area contributed by atoms with Crippen molar-refractivity contribution < 1.29 is 9.59 Å². The first kappa shape index (κ1) is 17.2. The SMILES string of the molecule is C=CCn1cc(C2C3=C(CCCC3=O)NC3=C2C(=O)CCC3)c2ccccc21. The third-order valence-corrected chi connectivity index (χ3v) is 6.25. The van der Waals surface area contributed by atoms with Crippen LogP contribution in [0, 0.1) is 0 Å². The molecule has 0 saturated carbocycles. The van der Waals surface area contributed by atoms with Crippen LogP contribution in [0.2, 0.25) is 0 Å². The standard InChI is InChI=1S/C24H24N2O2/c1-2-13-26-14-16(15-7-3-4-10-19(15)26)22-23-17(8-5-11-20(23)27)25-18-9-6-12-21(28)24(18)22/h2-4,7,10,14,22,25H,1,5-6,8-9,11-13H2. The molecular formula is C24H24N2O2. The van der Waals surface area contributed by atoms with E-state index in [1.165, 1.54) is 0 Å². The minimum atomic E-state index is -0.247. The molecule has 2 aliphatic carbocycles. The van der Waals surface area contributed by atoms with E-state index in [9.17, 15) is 9.59 Å². The lowest BCUT2D eigenvalue weighted by Gasteiger charge is -2.37. The van der Waals surface area contributed by atoms with Crippen molar-refractivity contribution in [3.05, 3.63) is 71.2 Å². The molecule has 0 atom stereocenters. The summed E-state index contributed by atoms with van der Waals surface area (Å²) >= 11 is 0. The number of nitrogens with zero attached hydrogens (tertiary/aromatic N) is 1. The number of hydrogen-bond acceptors (Lipinski definition) is 3. The highest BCUT2D eigenvalue weighted by Crippen LogP contribution is 2.47. The molecule has 0 spiro atoms. The van der Waals surface area contributed by atoms with Crippen LogP contribution in [0.3, 0.4) is 0 Å². The van der Waals surface area contributed by atoms with E-state index >= 15 is 0 Å². The molecule has 0 radical (unpaired) electrons. The fraction of sp³-hybridized carbons (Fsp3) is 0.333. The average molecular weight is 372 g/mol. The van der Waals surface area contributed by atoms with Crippen molar-refractivity contribution in [2.45, 2.75) is 51.0 Å². The van der Waals surface area contributed by atoms with E-state index in [-0.39, 0.29) is 17.5 Å². The number of fused-ring (bicyclic) bond motifs is 1. The van der Waals surface area contributed by atoms with Crippen LogP contribution < -0.4 is 5.32 Å². The van der Waals surface area contributed by atoms with Crippen LogP contribution in [-0.4, -0.2) is 16.1 Å². The van der Waals surface area contributed by atoms with Crippen LogP contribution in [0.1, 0.15) is 50.0 Å². The van der Waals surface area contributed by atoms with Crippen LogP contribution in [0.15, 0.2) is 65.7 Å². The van der Waals surface area contributed by atoms with Gasteiger partial charge in [0.15, 0.2) is 11.6 Å². The number of ketones is 2. The number of nitrogens with one attached hydrogen (secondary N) is 1. The van der Waals surface area contributed by atoms with Gasteiger partial charge < -0.3 is 9.88 Å². The molecule has 5 rings (SSSR count). The van der Waals surface area contributed by atoms with Gasteiger partial charge in [-0.3, -0.25) is 9.59 Å². The van der Waals surface area contributed by atoms with Gasteiger partial charge in [0, 0.05) is 64.9 Å². The Labute approximate surface area is 164 Å². The van der Waals surface area contributed by atoms with Crippen molar-refractivity contribution >= 4 is 22.5 Å². The van der Waals surface area contributed by atoms with Crippen LogP contribution in [0.25, 0.3) is 10.9 Å². The maximum atomic E-state index is 13.0. The number of para-hydroxylation sites is 1. The average Bonchev–Trinajstić information content (AvgIpc) is 3.06. The maximum absolute atomic E-state index is 13.0. The topological polar surface area (TPSA) is 51.1 Å². The second kappa shape index (κ2) is 6.62. The van der Waals surface area contributed by atoms with Gasteiger partial charge in [-0.15, -0.1) is 6.58 Å². The van der Waals surface area contributed by atoms with E-state index in [1.54, 1.807) is 0 Å². The summed E-state index contributed by atoms with van der Waals surface area (Å²) in [5, 5.41) is 4.61. The van der Waals surface area contributed by atoms with Crippen molar-refractivity contribution in [1.82, 2.24) is 9.88 Å². The molecule has 2 aromatic rings. The molecule has 28 heavy (non-hydrogen) atoms. The molecule has 3 aliphatic rings. The first-order valence-electron chi connectivity index (χ1n) is 10.2. The van der Waals surface area contributed by atoms with Gasteiger partial charge in [0.2, 0.25) is 0 Å². The summed E-state index contributed by atoms with van der Waals surface area (Å²) in [7, 11) is 0. The van der Waals surface area contributed by atoms with Crippen LogP contribution in [-0.2, 0) is 16.1 Å². The zero-order valence-electron chi connectivity index (χ0n) is 16.0. The molecule has 0 saturated heterocycles. The lowest BCUT2D eigenvalue weighted by Crippen LogP contribution is -2.36. The maximum Gasteiger partial charge on any atom is 0.161 e. The fourth-order valence-corrected chi connectivity index (χ4v) is 5.09. The predicted octanol–water partition coefficient (Wildman–Crippen LogP) is 4.53. The van der Waals surface area contributed by atoms with Gasteiger partial charge in [0.05, 0.1) is 0 Å². The minimum Gasteiger partial charge on any atom is -0.362 e. The summed E-state index contributed by atoms with van der Waals surface area (Å²) in [6, 6.07) is 8.26. The summed E-state index contributed by atoms with van der Waals surface area (Å²) in [6.45, 7) is 4.58. The molecule has 0 unspecified atom stereocenters. The lowest BCUT2D eigenvalue weighted by molar-refractivity contribution is -0.116. The monoisotopic (exact) mass is 372 g/mol. The first-order valence-corrected chi connectivity index (χ1v) is 10.2. The van der Waals surface area contributed by atoms with Crippen molar-refractivity contribution in [3.8, 4) is 0 Å². The quantitative estimate of drug-likeness (QED) is 0.806. The van der Waals surface area contributed by atoms with Crippen LogP contribution in [0.4, 0.5) is 0 Å². The Morgan fingerprint density at radius 3 is 2.29 bits per heavy atom. The summed E-state index contributed by atoms with van der Waals surface area (Å²) < 4.78 is 2.17. The Balaban J connectivity index is 1.79. The highest BCUT2D eigenvalue weighted by atomic mass is 16.1. The number of Topliss-reactive ketones (excluding diaryl/α,β-unsaturated/α-hetero) is 2. The molecule has 4 heteroatoms. The third kappa shape index (κ3) is 2.51. The Morgan fingerprint density at radius 1 is 1.00 bits per heavy atom. The van der Waals surface area contributed by atoms with Gasteiger partial charge in [-0.05, 0) is 37.3 Å². The molecule has 4 nitrogen and oxygen atoms in total.